The second-order valence-electron chi connectivity index (χ2n) is 7.05. The third-order valence-corrected chi connectivity index (χ3v) is 4.64. The van der Waals surface area contributed by atoms with Crippen molar-refractivity contribution in [3.63, 3.8) is 0 Å². The van der Waals surface area contributed by atoms with E-state index in [0.29, 0.717) is 37.6 Å². The van der Waals surface area contributed by atoms with Crippen LogP contribution in [0.25, 0.3) is 0 Å². The molecule has 31 heavy (non-hydrogen) atoms. The number of pyridine rings is 1. The molecule has 0 spiro atoms. The molecule has 0 fully saturated rings. The molecule has 0 aliphatic rings. The number of carbonyl (C=O) groups is 1. The van der Waals surface area contributed by atoms with Gasteiger partial charge < -0.3 is 20.1 Å². The molecule has 6 nitrogen and oxygen atoms in total. The molecule has 3 aromatic rings. The van der Waals surface area contributed by atoms with Gasteiger partial charge in [0.15, 0.2) is 11.5 Å². The molecule has 0 aliphatic heterocycles. The van der Waals surface area contributed by atoms with Crippen LogP contribution in [0.5, 0.6) is 11.5 Å². The van der Waals surface area contributed by atoms with Crippen LogP contribution in [0.3, 0.4) is 0 Å². The summed E-state index contributed by atoms with van der Waals surface area (Å²) in [4.78, 5) is 17.1. The number of ether oxygens (including phenoxy) is 2. The zero-order valence-electron chi connectivity index (χ0n) is 18.3. The minimum atomic E-state index is -0.167. The molecule has 1 heterocycles. The first-order valence-electron chi connectivity index (χ1n) is 10.6. The Bertz CT molecular complexity index is 1020. The van der Waals surface area contributed by atoms with Crippen LogP contribution in [-0.2, 0) is 6.42 Å². The number of nitrogens with zero attached hydrogens (tertiary/aromatic N) is 1. The van der Waals surface area contributed by atoms with Crippen LogP contribution in [-0.4, -0.2) is 30.6 Å². The summed E-state index contributed by atoms with van der Waals surface area (Å²) < 4.78 is 11.3. The maximum absolute atomic E-state index is 12.8. The summed E-state index contributed by atoms with van der Waals surface area (Å²) in [5, 5.41) is 6.22. The van der Waals surface area contributed by atoms with Gasteiger partial charge in [0.1, 0.15) is 5.82 Å². The Morgan fingerprint density at radius 1 is 0.968 bits per heavy atom. The Hall–Kier alpha value is -3.54. The molecule has 3 rings (SSSR count). The Morgan fingerprint density at radius 3 is 2.55 bits per heavy atom. The highest BCUT2D eigenvalue weighted by molar-refractivity contribution is 5.99. The molecule has 162 valence electrons. The van der Waals surface area contributed by atoms with E-state index in [4.69, 9.17) is 9.47 Å². The van der Waals surface area contributed by atoms with Crippen LogP contribution in [0.1, 0.15) is 35.3 Å². The van der Waals surface area contributed by atoms with Gasteiger partial charge in [-0.3, -0.25) is 4.79 Å². The van der Waals surface area contributed by atoms with E-state index in [0.717, 1.165) is 28.3 Å². The lowest BCUT2D eigenvalue weighted by atomic mass is 10.1. The predicted octanol–water partition coefficient (Wildman–Crippen LogP) is 4.90. The van der Waals surface area contributed by atoms with Crippen molar-refractivity contribution in [1.82, 2.24) is 10.3 Å². The zero-order valence-corrected chi connectivity index (χ0v) is 18.3. The SMILES string of the molecule is CCOc1ccc(CCNC(=O)c2cccnc2Nc2cccc(C)c2)cc1OCC. The summed E-state index contributed by atoms with van der Waals surface area (Å²) in [6, 6.07) is 17.4. The van der Waals surface area contributed by atoms with E-state index < -0.39 is 0 Å². The topological polar surface area (TPSA) is 72.5 Å². The fraction of sp³-hybridized carbons (Fsp3) is 0.280. The average Bonchev–Trinajstić information content (AvgIpc) is 2.76. The van der Waals surface area contributed by atoms with E-state index >= 15 is 0 Å². The van der Waals surface area contributed by atoms with Crippen molar-refractivity contribution in [2.45, 2.75) is 27.2 Å². The summed E-state index contributed by atoms with van der Waals surface area (Å²) in [7, 11) is 0. The van der Waals surface area contributed by atoms with E-state index in [2.05, 4.69) is 15.6 Å². The van der Waals surface area contributed by atoms with Crippen LogP contribution < -0.4 is 20.1 Å². The summed E-state index contributed by atoms with van der Waals surface area (Å²) in [6.07, 6.45) is 2.35. The van der Waals surface area contributed by atoms with Gasteiger partial charge in [0.2, 0.25) is 0 Å². The summed E-state index contributed by atoms with van der Waals surface area (Å²) >= 11 is 0. The molecule has 0 bridgehead atoms. The summed E-state index contributed by atoms with van der Waals surface area (Å²) in [5.74, 6) is 1.83. The van der Waals surface area contributed by atoms with Crippen molar-refractivity contribution in [2.75, 3.05) is 25.1 Å². The molecule has 0 aliphatic carbocycles. The number of aryl methyl sites for hydroxylation is 1. The first-order chi connectivity index (χ1) is 15.1. The standard InChI is InChI=1S/C25H29N3O3/c1-4-30-22-12-11-19(17-23(22)31-5-2)13-15-27-25(29)21-10-7-14-26-24(21)28-20-9-6-8-18(3)16-20/h6-12,14,16-17H,4-5,13,15H2,1-3H3,(H,26,28)(H,27,29). The quantitative estimate of drug-likeness (QED) is 0.489. The third kappa shape index (κ3) is 6.22. The van der Waals surface area contributed by atoms with Crippen LogP contribution in [0.4, 0.5) is 11.5 Å². The third-order valence-electron chi connectivity index (χ3n) is 4.64. The van der Waals surface area contributed by atoms with Crippen LogP contribution in [0.15, 0.2) is 60.8 Å². The Labute approximate surface area is 183 Å². The predicted molar refractivity (Wildman–Crippen MR) is 124 cm³/mol. The lowest BCUT2D eigenvalue weighted by Crippen LogP contribution is -2.26. The number of benzene rings is 2. The average molecular weight is 420 g/mol. The van der Waals surface area contributed by atoms with Gasteiger partial charge in [0.05, 0.1) is 18.8 Å². The molecule has 0 radical (unpaired) electrons. The van der Waals surface area contributed by atoms with E-state index in [9.17, 15) is 4.79 Å². The van der Waals surface area contributed by atoms with Crippen LogP contribution in [0, 0.1) is 6.92 Å². The minimum absolute atomic E-state index is 0.167. The van der Waals surface area contributed by atoms with Gasteiger partial charge in [-0.25, -0.2) is 4.98 Å². The van der Waals surface area contributed by atoms with E-state index in [1.165, 1.54) is 0 Å². The molecular weight excluding hydrogens is 390 g/mol. The summed E-state index contributed by atoms with van der Waals surface area (Å²) in [5.41, 5.74) is 3.60. The molecule has 2 N–H and O–H groups in total. The van der Waals surface area contributed by atoms with E-state index in [1.54, 1.807) is 18.3 Å². The number of carbonyl (C=O) groups excluding carboxylic acids is 1. The van der Waals surface area contributed by atoms with Crippen molar-refractivity contribution in [3.05, 3.63) is 77.5 Å². The van der Waals surface area contributed by atoms with Gasteiger partial charge in [-0.2, -0.15) is 0 Å². The molecule has 0 atom stereocenters. The van der Waals surface area contributed by atoms with Crippen molar-refractivity contribution in [3.8, 4) is 11.5 Å². The second-order valence-corrected chi connectivity index (χ2v) is 7.05. The zero-order chi connectivity index (χ0) is 22.1. The van der Waals surface area contributed by atoms with E-state index in [1.807, 2.05) is 63.2 Å². The molecule has 2 aromatic carbocycles. The number of aromatic nitrogens is 1. The van der Waals surface area contributed by atoms with Gasteiger partial charge in [-0.05, 0) is 74.7 Å². The molecule has 0 saturated carbocycles. The van der Waals surface area contributed by atoms with E-state index in [-0.39, 0.29) is 5.91 Å². The highest BCUT2D eigenvalue weighted by atomic mass is 16.5. The maximum Gasteiger partial charge on any atom is 0.255 e. The number of hydrogen-bond acceptors (Lipinski definition) is 5. The van der Waals surface area contributed by atoms with Gasteiger partial charge in [0.25, 0.3) is 5.91 Å². The minimum Gasteiger partial charge on any atom is -0.490 e. The monoisotopic (exact) mass is 419 g/mol. The first-order valence-corrected chi connectivity index (χ1v) is 10.6. The van der Waals surface area contributed by atoms with Crippen molar-refractivity contribution >= 4 is 17.4 Å². The largest absolute Gasteiger partial charge is 0.490 e. The smallest absolute Gasteiger partial charge is 0.255 e. The lowest BCUT2D eigenvalue weighted by molar-refractivity contribution is 0.0954. The fourth-order valence-electron chi connectivity index (χ4n) is 3.21. The molecule has 6 heteroatoms. The van der Waals surface area contributed by atoms with Gasteiger partial charge in [-0.1, -0.05) is 18.2 Å². The Balaban J connectivity index is 1.63. The normalized spacial score (nSPS) is 10.4. The maximum atomic E-state index is 12.8. The van der Waals surface area contributed by atoms with Gasteiger partial charge >= 0.3 is 0 Å². The Morgan fingerprint density at radius 2 is 1.77 bits per heavy atom. The molecule has 0 saturated heterocycles. The van der Waals surface area contributed by atoms with Crippen LogP contribution >= 0.6 is 0 Å². The first kappa shape index (κ1) is 22.2. The summed E-state index contributed by atoms with van der Waals surface area (Å²) in [6.45, 7) is 7.56. The second kappa shape index (κ2) is 11.0. The number of rotatable bonds is 10. The molecule has 1 aromatic heterocycles. The van der Waals surface area contributed by atoms with Crippen molar-refractivity contribution in [2.24, 2.45) is 0 Å². The van der Waals surface area contributed by atoms with Gasteiger partial charge in [0, 0.05) is 18.4 Å². The number of anilines is 2. The number of amides is 1. The Kier molecular flexibility index (Phi) is 7.87. The van der Waals surface area contributed by atoms with Crippen LogP contribution in [0.2, 0.25) is 0 Å². The van der Waals surface area contributed by atoms with Gasteiger partial charge in [-0.15, -0.1) is 0 Å². The lowest BCUT2D eigenvalue weighted by Gasteiger charge is -2.13. The van der Waals surface area contributed by atoms with Crippen molar-refractivity contribution < 1.29 is 14.3 Å². The van der Waals surface area contributed by atoms with Crippen molar-refractivity contribution in [1.29, 1.82) is 0 Å². The number of nitrogens with one attached hydrogen (secondary N) is 2. The fourth-order valence-corrected chi connectivity index (χ4v) is 3.21. The highest BCUT2D eigenvalue weighted by Crippen LogP contribution is 2.28. The number of hydrogen-bond donors (Lipinski definition) is 2. The molecule has 0 unspecified atom stereocenters. The molecule has 1 amide bonds. The highest BCUT2D eigenvalue weighted by Gasteiger charge is 2.13. The molecular formula is C25H29N3O3.